The standard InChI is InChI=1S/C10H9BrN2O2/c1-13-10-6(3-2-4-7(10)11)8(12-13)5-9(14)15/h2-4H,5H2,1H3,(H,14,15). The number of hydrogen-bond donors (Lipinski definition) is 1. The van der Waals surface area contributed by atoms with Gasteiger partial charge in [-0.05, 0) is 22.0 Å². The second-order valence-electron chi connectivity index (χ2n) is 3.28. The highest BCUT2D eigenvalue weighted by Gasteiger charge is 2.12. The third-order valence-corrected chi connectivity index (χ3v) is 2.85. The molecule has 0 bridgehead atoms. The van der Waals surface area contributed by atoms with E-state index in [1.807, 2.05) is 18.2 Å². The van der Waals surface area contributed by atoms with Crippen LogP contribution in [0.15, 0.2) is 22.7 Å². The number of benzene rings is 1. The lowest BCUT2D eigenvalue weighted by molar-refractivity contribution is -0.136. The number of nitrogens with zero attached hydrogens (tertiary/aromatic N) is 2. The molecule has 0 aliphatic heterocycles. The van der Waals surface area contributed by atoms with E-state index in [0.717, 1.165) is 15.4 Å². The molecule has 0 amide bonds. The van der Waals surface area contributed by atoms with Crippen molar-refractivity contribution in [2.45, 2.75) is 6.42 Å². The third-order valence-electron chi connectivity index (χ3n) is 2.21. The summed E-state index contributed by atoms with van der Waals surface area (Å²) in [5, 5.41) is 13.8. The number of hydrogen-bond acceptors (Lipinski definition) is 2. The average molecular weight is 269 g/mol. The maximum Gasteiger partial charge on any atom is 0.309 e. The van der Waals surface area contributed by atoms with E-state index in [2.05, 4.69) is 21.0 Å². The normalized spacial score (nSPS) is 10.8. The molecule has 5 heteroatoms. The second kappa shape index (κ2) is 3.66. The van der Waals surface area contributed by atoms with Gasteiger partial charge in [-0.2, -0.15) is 5.10 Å². The molecule has 2 rings (SSSR count). The van der Waals surface area contributed by atoms with Gasteiger partial charge in [-0.3, -0.25) is 9.48 Å². The predicted molar refractivity (Wildman–Crippen MR) is 59.8 cm³/mol. The van der Waals surface area contributed by atoms with Gasteiger partial charge >= 0.3 is 5.97 Å². The van der Waals surface area contributed by atoms with Crippen molar-refractivity contribution in [2.24, 2.45) is 7.05 Å². The van der Waals surface area contributed by atoms with Gasteiger partial charge in [0.25, 0.3) is 0 Å². The summed E-state index contributed by atoms with van der Waals surface area (Å²) in [6, 6.07) is 5.67. The summed E-state index contributed by atoms with van der Waals surface area (Å²) in [4.78, 5) is 10.6. The molecule has 1 aromatic carbocycles. The van der Waals surface area contributed by atoms with E-state index < -0.39 is 5.97 Å². The highest BCUT2D eigenvalue weighted by Crippen LogP contribution is 2.25. The van der Waals surface area contributed by atoms with Gasteiger partial charge in [0, 0.05) is 16.9 Å². The van der Waals surface area contributed by atoms with Crippen molar-refractivity contribution in [1.82, 2.24) is 9.78 Å². The fraction of sp³-hybridized carbons (Fsp3) is 0.200. The van der Waals surface area contributed by atoms with Gasteiger partial charge in [-0.15, -0.1) is 0 Å². The Kier molecular flexibility index (Phi) is 2.48. The van der Waals surface area contributed by atoms with Crippen molar-refractivity contribution in [3.05, 3.63) is 28.4 Å². The van der Waals surface area contributed by atoms with E-state index in [-0.39, 0.29) is 6.42 Å². The molecule has 0 aliphatic carbocycles. The van der Waals surface area contributed by atoms with Crippen LogP contribution in [0, 0.1) is 0 Å². The SMILES string of the molecule is Cn1nc(CC(=O)O)c2cccc(Br)c21. The number of fused-ring (bicyclic) bond motifs is 1. The van der Waals surface area contributed by atoms with Crippen molar-refractivity contribution >= 4 is 32.8 Å². The Balaban J connectivity index is 2.68. The number of aliphatic carboxylic acids is 1. The van der Waals surface area contributed by atoms with Gasteiger partial charge in [0.1, 0.15) is 0 Å². The summed E-state index contributed by atoms with van der Waals surface area (Å²) in [7, 11) is 1.80. The van der Waals surface area contributed by atoms with Crippen LogP contribution in [0.1, 0.15) is 5.69 Å². The monoisotopic (exact) mass is 268 g/mol. The van der Waals surface area contributed by atoms with Gasteiger partial charge in [-0.1, -0.05) is 12.1 Å². The molecule has 78 valence electrons. The minimum Gasteiger partial charge on any atom is -0.481 e. The zero-order valence-corrected chi connectivity index (χ0v) is 9.65. The number of carbonyl (C=O) groups is 1. The molecule has 0 fully saturated rings. The lowest BCUT2D eigenvalue weighted by Crippen LogP contribution is -2.01. The van der Waals surface area contributed by atoms with Gasteiger partial charge in [0.05, 0.1) is 17.6 Å². The first-order chi connectivity index (χ1) is 7.09. The predicted octanol–water partition coefficient (Wildman–Crippen LogP) is 1.96. The topological polar surface area (TPSA) is 55.1 Å². The van der Waals surface area contributed by atoms with Crippen molar-refractivity contribution < 1.29 is 9.90 Å². The van der Waals surface area contributed by atoms with Crippen LogP contribution in [-0.4, -0.2) is 20.9 Å². The van der Waals surface area contributed by atoms with Crippen LogP contribution in [-0.2, 0) is 18.3 Å². The third kappa shape index (κ3) is 1.74. The first kappa shape index (κ1) is 10.2. The van der Waals surface area contributed by atoms with Crippen LogP contribution in [0.4, 0.5) is 0 Å². The summed E-state index contributed by atoms with van der Waals surface area (Å²) in [6.45, 7) is 0. The minimum atomic E-state index is -0.866. The van der Waals surface area contributed by atoms with E-state index in [4.69, 9.17) is 5.11 Å². The van der Waals surface area contributed by atoms with Crippen molar-refractivity contribution in [1.29, 1.82) is 0 Å². The number of aromatic nitrogens is 2. The van der Waals surface area contributed by atoms with E-state index in [9.17, 15) is 4.79 Å². The van der Waals surface area contributed by atoms with Crippen LogP contribution in [0.5, 0.6) is 0 Å². The number of carboxylic acid groups (broad SMARTS) is 1. The maximum absolute atomic E-state index is 10.6. The number of para-hydroxylation sites is 1. The molecular weight excluding hydrogens is 260 g/mol. The molecule has 0 saturated heterocycles. The highest BCUT2D eigenvalue weighted by atomic mass is 79.9. The molecule has 1 heterocycles. The first-order valence-electron chi connectivity index (χ1n) is 4.41. The minimum absolute atomic E-state index is 0.0478. The Labute approximate surface area is 94.6 Å². The summed E-state index contributed by atoms with van der Waals surface area (Å²) in [5.74, 6) is -0.866. The highest BCUT2D eigenvalue weighted by molar-refractivity contribution is 9.10. The van der Waals surface area contributed by atoms with Crippen LogP contribution in [0.2, 0.25) is 0 Å². The number of rotatable bonds is 2. The lowest BCUT2D eigenvalue weighted by Gasteiger charge is -1.96. The number of aryl methyl sites for hydroxylation is 1. The number of halogens is 1. The number of carboxylic acids is 1. The molecular formula is C10H9BrN2O2. The summed E-state index contributed by atoms with van der Waals surface area (Å²) < 4.78 is 2.61. The van der Waals surface area contributed by atoms with Crippen LogP contribution >= 0.6 is 15.9 Å². The van der Waals surface area contributed by atoms with Crippen LogP contribution in [0.3, 0.4) is 0 Å². The summed E-state index contributed by atoms with van der Waals surface area (Å²) in [6.07, 6.45) is -0.0478. The van der Waals surface area contributed by atoms with Crippen LogP contribution < -0.4 is 0 Å². The van der Waals surface area contributed by atoms with Crippen molar-refractivity contribution in [2.75, 3.05) is 0 Å². The molecule has 1 aromatic heterocycles. The maximum atomic E-state index is 10.6. The van der Waals surface area contributed by atoms with Gasteiger partial charge in [0.2, 0.25) is 0 Å². The van der Waals surface area contributed by atoms with Crippen molar-refractivity contribution in [3.8, 4) is 0 Å². The van der Waals surface area contributed by atoms with Crippen LogP contribution in [0.25, 0.3) is 10.9 Å². The molecule has 0 aliphatic rings. The van der Waals surface area contributed by atoms with Crippen molar-refractivity contribution in [3.63, 3.8) is 0 Å². The molecule has 0 spiro atoms. The zero-order valence-electron chi connectivity index (χ0n) is 8.07. The Morgan fingerprint density at radius 1 is 1.60 bits per heavy atom. The molecule has 4 nitrogen and oxygen atoms in total. The lowest BCUT2D eigenvalue weighted by atomic mass is 10.2. The van der Waals surface area contributed by atoms with Gasteiger partial charge in [-0.25, -0.2) is 0 Å². The molecule has 2 aromatic rings. The zero-order chi connectivity index (χ0) is 11.0. The first-order valence-corrected chi connectivity index (χ1v) is 5.21. The Hall–Kier alpha value is -1.36. The second-order valence-corrected chi connectivity index (χ2v) is 4.13. The molecule has 0 radical (unpaired) electrons. The van der Waals surface area contributed by atoms with E-state index in [1.54, 1.807) is 11.7 Å². The average Bonchev–Trinajstić information content (AvgIpc) is 2.44. The smallest absolute Gasteiger partial charge is 0.309 e. The van der Waals surface area contributed by atoms with Gasteiger partial charge in [0.15, 0.2) is 0 Å². The Bertz CT molecular complexity index is 533. The Morgan fingerprint density at radius 3 is 3.00 bits per heavy atom. The van der Waals surface area contributed by atoms with E-state index in [1.165, 1.54) is 0 Å². The van der Waals surface area contributed by atoms with Gasteiger partial charge < -0.3 is 5.11 Å². The van der Waals surface area contributed by atoms with E-state index >= 15 is 0 Å². The fourth-order valence-corrected chi connectivity index (χ4v) is 2.26. The molecule has 1 N–H and O–H groups in total. The molecule has 0 saturated carbocycles. The molecule has 0 unspecified atom stereocenters. The summed E-state index contributed by atoms with van der Waals surface area (Å²) in [5.41, 5.74) is 1.52. The summed E-state index contributed by atoms with van der Waals surface area (Å²) >= 11 is 3.42. The molecule has 0 atom stereocenters. The largest absolute Gasteiger partial charge is 0.481 e. The Morgan fingerprint density at radius 2 is 2.33 bits per heavy atom. The fourth-order valence-electron chi connectivity index (χ4n) is 1.64. The quantitative estimate of drug-likeness (QED) is 0.906. The molecule has 15 heavy (non-hydrogen) atoms. The van der Waals surface area contributed by atoms with E-state index in [0.29, 0.717) is 5.69 Å².